The van der Waals surface area contributed by atoms with Gasteiger partial charge in [-0.1, -0.05) is 19.9 Å². The minimum absolute atomic E-state index is 0.0762. The minimum atomic E-state index is -0.0762. The quantitative estimate of drug-likeness (QED) is 0.535. The number of fused-ring (bicyclic) bond motifs is 1. The molecule has 0 bridgehead atoms. The number of likely N-dealkylation sites (tertiary alicyclic amines) is 1. The average Bonchev–Trinajstić information content (AvgIpc) is 2.84. The van der Waals surface area contributed by atoms with Crippen LogP contribution in [0.25, 0.3) is 0 Å². The Bertz CT molecular complexity index is 768. The molecule has 0 amide bonds. The predicted octanol–water partition coefficient (Wildman–Crippen LogP) is 3.36. The van der Waals surface area contributed by atoms with Crippen LogP contribution in [0.15, 0.2) is 23.2 Å². The summed E-state index contributed by atoms with van der Waals surface area (Å²) in [5, 5.41) is 3.60. The molecule has 32 heavy (non-hydrogen) atoms. The van der Waals surface area contributed by atoms with Crippen LogP contribution in [0.1, 0.15) is 51.5 Å². The minimum Gasteiger partial charge on any atom is -0.486 e. The van der Waals surface area contributed by atoms with Crippen LogP contribution in [0.5, 0.6) is 11.5 Å². The van der Waals surface area contributed by atoms with Crippen molar-refractivity contribution < 1.29 is 18.9 Å². The van der Waals surface area contributed by atoms with Gasteiger partial charge in [0.2, 0.25) is 0 Å². The molecule has 0 spiro atoms. The van der Waals surface area contributed by atoms with Gasteiger partial charge in [-0.25, -0.2) is 0 Å². The molecular weight excluding hydrogens is 406 g/mol. The Hall–Kier alpha value is -1.99. The van der Waals surface area contributed by atoms with Crippen molar-refractivity contribution in [2.45, 2.75) is 63.6 Å². The molecule has 0 saturated carbocycles. The molecule has 178 valence electrons. The van der Waals surface area contributed by atoms with Gasteiger partial charge in [-0.2, -0.15) is 0 Å². The van der Waals surface area contributed by atoms with E-state index in [9.17, 15) is 0 Å². The number of piperidine rings is 1. The summed E-state index contributed by atoms with van der Waals surface area (Å²) in [6.45, 7) is 10.0. The number of ether oxygens (including phenoxy) is 4. The normalized spacial score (nSPS) is 22.7. The number of guanidine groups is 1. The molecule has 1 aromatic carbocycles. The van der Waals surface area contributed by atoms with Crippen molar-refractivity contribution in [3.05, 3.63) is 23.8 Å². The molecule has 0 aromatic heterocycles. The van der Waals surface area contributed by atoms with Crippen LogP contribution in [0.4, 0.5) is 0 Å². The molecule has 2 fully saturated rings. The smallest absolute Gasteiger partial charge is 0.193 e. The summed E-state index contributed by atoms with van der Waals surface area (Å²) in [4.78, 5) is 6.89. The predicted molar refractivity (Wildman–Crippen MR) is 126 cm³/mol. The average molecular weight is 446 g/mol. The second kappa shape index (κ2) is 10.8. The highest BCUT2D eigenvalue weighted by Crippen LogP contribution is 2.35. The molecule has 3 aliphatic rings. The van der Waals surface area contributed by atoms with Crippen LogP contribution >= 0.6 is 0 Å². The summed E-state index contributed by atoms with van der Waals surface area (Å²) < 4.78 is 23.4. The monoisotopic (exact) mass is 445 g/mol. The molecule has 7 nitrogen and oxygen atoms in total. The number of nitrogens with zero attached hydrogens (tertiary/aromatic N) is 2. The van der Waals surface area contributed by atoms with Gasteiger partial charge in [-0.3, -0.25) is 4.99 Å². The van der Waals surface area contributed by atoms with E-state index in [-0.39, 0.29) is 5.41 Å². The van der Waals surface area contributed by atoms with E-state index in [2.05, 4.69) is 41.2 Å². The van der Waals surface area contributed by atoms with E-state index in [4.69, 9.17) is 18.9 Å². The van der Waals surface area contributed by atoms with Gasteiger partial charge in [0.25, 0.3) is 0 Å². The van der Waals surface area contributed by atoms with Crippen molar-refractivity contribution in [3.63, 3.8) is 0 Å². The molecule has 3 heterocycles. The fourth-order valence-corrected chi connectivity index (χ4v) is 4.62. The van der Waals surface area contributed by atoms with Crippen LogP contribution < -0.4 is 14.8 Å². The van der Waals surface area contributed by atoms with E-state index in [0.717, 1.165) is 69.6 Å². The van der Waals surface area contributed by atoms with Gasteiger partial charge >= 0.3 is 0 Å². The van der Waals surface area contributed by atoms with Gasteiger partial charge < -0.3 is 29.2 Å². The molecule has 1 aromatic rings. The largest absolute Gasteiger partial charge is 0.486 e. The lowest BCUT2D eigenvalue weighted by Gasteiger charge is -2.36. The lowest BCUT2D eigenvalue weighted by atomic mass is 9.84. The van der Waals surface area contributed by atoms with Crippen molar-refractivity contribution in [3.8, 4) is 11.5 Å². The number of rotatable bonds is 6. The third-order valence-corrected chi connectivity index (χ3v) is 6.76. The van der Waals surface area contributed by atoms with Gasteiger partial charge in [0.05, 0.1) is 18.8 Å². The van der Waals surface area contributed by atoms with Gasteiger partial charge in [0.1, 0.15) is 13.2 Å². The Morgan fingerprint density at radius 3 is 2.59 bits per heavy atom. The molecule has 0 aliphatic carbocycles. The van der Waals surface area contributed by atoms with E-state index in [0.29, 0.717) is 25.4 Å². The maximum Gasteiger partial charge on any atom is 0.193 e. The molecule has 7 heteroatoms. The number of hydrogen-bond acceptors (Lipinski definition) is 5. The zero-order chi connectivity index (χ0) is 22.4. The Morgan fingerprint density at radius 2 is 1.88 bits per heavy atom. The summed E-state index contributed by atoms with van der Waals surface area (Å²) in [7, 11) is 1.86. The first-order valence-electron chi connectivity index (χ1n) is 12.1. The summed E-state index contributed by atoms with van der Waals surface area (Å²) in [6.07, 6.45) is 6.25. The Morgan fingerprint density at radius 1 is 1.09 bits per heavy atom. The van der Waals surface area contributed by atoms with Crippen molar-refractivity contribution >= 4 is 5.96 Å². The molecule has 2 saturated heterocycles. The third kappa shape index (κ3) is 5.87. The second-order valence-electron chi connectivity index (χ2n) is 9.65. The first kappa shape index (κ1) is 23.2. The maximum atomic E-state index is 6.17. The standard InChI is InChI=1S/C25H39N3O4/c1-25(2,19-7-8-22-23(16-19)31-15-14-30-22)18-27-24(26-3)28-11-9-20(10-12-28)32-17-21-6-4-5-13-29-21/h7-8,16,20-21H,4-6,9-15,17-18H2,1-3H3,(H,26,27). The summed E-state index contributed by atoms with van der Waals surface area (Å²) >= 11 is 0. The first-order valence-corrected chi connectivity index (χ1v) is 12.1. The fraction of sp³-hybridized carbons (Fsp3) is 0.720. The molecule has 0 radical (unpaired) electrons. The highest BCUT2D eigenvalue weighted by atomic mass is 16.6. The van der Waals surface area contributed by atoms with Crippen LogP contribution in [0.2, 0.25) is 0 Å². The Kier molecular flexibility index (Phi) is 7.79. The van der Waals surface area contributed by atoms with Crippen LogP contribution in [-0.2, 0) is 14.9 Å². The molecule has 1 atom stereocenters. The zero-order valence-corrected chi connectivity index (χ0v) is 19.9. The van der Waals surface area contributed by atoms with Crippen LogP contribution in [0.3, 0.4) is 0 Å². The van der Waals surface area contributed by atoms with Gasteiger partial charge in [0, 0.05) is 38.7 Å². The van der Waals surface area contributed by atoms with E-state index < -0.39 is 0 Å². The lowest BCUT2D eigenvalue weighted by Crippen LogP contribution is -2.49. The topological polar surface area (TPSA) is 64.6 Å². The van der Waals surface area contributed by atoms with E-state index in [1.54, 1.807) is 0 Å². The van der Waals surface area contributed by atoms with Gasteiger partial charge in [-0.05, 0) is 49.8 Å². The van der Waals surface area contributed by atoms with E-state index in [1.165, 1.54) is 18.4 Å². The number of aliphatic imine (C=N–C) groups is 1. The number of hydrogen-bond donors (Lipinski definition) is 1. The Balaban J connectivity index is 1.25. The van der Waals surface area contributed by atoms with E-state index in [1.807, 2.05) is 13.1 Å². The van der Waals surface area contributed by atoms with Gasteiger partial charge in [0.15, 0.2) is 17.5 Å². The molecule has 3 aliphatic heterocycles. The highest BCUT2D eigenvalue weighted by Gasteiger charge is 2.27. The van der Waals surface area contributed by atoms with Crippen molar-refractivity contribution in [1.29, 1.82) is 0 Å². The molecule has 1 unspecified atom stereocenters. The fourth-order valence-electron chi connectivity index (χ4n) is 4.62. The van der Waals surface area contributed by atoms with E-state index >= 15 is 0 Å². The molecular formula is C25H39N3O4. The summed E-state index contributed by atoms with van der Waals surface area (Å²) in [5.41, 5.74) is 1.15. The number of nitrogens with one attached hydrogen (secondary N) is 1. The summed E-state index contributed by atoms with van der Waals surface area (Å²) in [6, 6.07) is 6.26. The number of benzene rings is 1. The van der Waals surface area contributed by atoms with Gasteiger partial charge in [-0.15, -0.1) is 0 Å². The lowest BCUT2D eigenvalue weighted by molar-refractivity contribution is -0.0721. The third-order valence-electron chi connectivity index (χ3n) is 6.76. The first-order chi connectivity index (χ1) is 15.5. The van der Waals surface area contributed by atoms with Crippen LogP contribution in [-0.4, -0.2) is 76.2 Å². The Labute approximate surface area is 192 Å². The highest BCUT2D eigenvalue weighted by molar-refractivity contribution is 5.80. The SMILES string of the molecule is CN=C(NCC(C)(C)c1ccc2c(c1)OCCO2)N1CCC(OCC2CCCCO2)CC1. The second-order valence-corrected chi connectivity index (χ2v) is 9.65. The molecule has 1 N–H and O–H groups in total. The van der Waals surface area contributed by atoms with Crippen molar-refractivity contribution in [2.75, 3.05) is 53.1 Å². The molecule has 4 rings (SSSR count). The van der Waals surface area contributed by atoms with Crippen molar-refractivity contribution in [1.82, 2.24) is 10.2 Å². The zero-order valence-electron chi connectivity index (χ0n) is 19.9. The van der Waals surface area contributed by atoms with Crippen molar-refractivity contribution in [2.24, 2.45) is 4.99 Å². The summed E-state index contributed by atoms with van der Waals surface area (Å²) in [5.74, 6) is 2.64. The maximum absolute atomic E-state index is 6.17. The van der Waals surface area contributed by atoms with Crippen LogP contribution in [0, 0.1) is 0 Å².